The number of nitrogens with one attached hydrogen (secondary N) is 1. The van der Waals surface area contributed by atoms with Gasteiger partial charge >= 0.3 is 0 Å². The van der Waals surface area contributed by atoms with Crippen molar-refractivity contribution < 1.29 is 20.1 Å². The first kappa shape index (κ1) is 70.8. The molecule has 1 amide bonds. The molecule has 0 spiro atoms. The number of hydrogen-bond acceptors (Lipinski definition) is 4. The lowest BCUT2D eigenvalue weighted by Crippen LogP contribution is -2.50. The number of hydrogen-bond donors (Lipinski definition) is 4. The minimum absolute atomic E-state index is 0.150. The second-order valence-electron chi connectivity index (χ2n) is 23.0. The maximum absolute atomic E-state index is 12.6. The lowest BCUT2D eigenvalue weighted by molar-refractivity contribution is -0.124. The molecule has 72 heavy (non-hydrogen) atoms. The van der Waals surface area contributed by atoms with Crippen LogP contribution in [0.25, 0.3) is 0 Å². The molecule has 0 saturated carbocycles. The summed E-state index contributed by atoms with van der Waals surface area (Å²) in [5.74, 6) is -0.150. The van der Waals surface area contributed by atoms with E-state index in [-0.39, 0.29) is 12.5 Å². The fourth-order valence-electron chi connectivity index (χ4n) is 10.7. The van der Waals surface area contributed by atoms with Crippen LogP contribution in [-0.4, -0.2) is 46.1 Å². The van der Waals surface area contributed by atoms with Crippen LogP contribution in [0.2, 0.25) is 0 Å². The number of carbonyl (C=O) groups excluding carboxylic acids is 1. The van der Waals surface area contributed by atoms with Crippen LogP contribution < -0.4 is 5.32 Å². The molecule has 0 rings (SSSR count). The van der Waals surface area contributed by atoms with Crippen molar-refractivity contribution in [3.63, 3.8) is 0 Å². The third-order valence-corrected chi connectivity index (χ3v) is 15.8. The molecule has 0 aliphatic heterocycles. The van der Waals surface area contributed by atoms with Gasteiger partial charge in [-0.25, -0.2) is 0 Å². The molecular weight excluding hydrogens is 883 g/mol. The Bertz CT molecular complexity index is 1080. The molecule has 0 saturated heterocycles. The van der Waals surface area contributed by atoms with Crippen molar-refractivity contribution in [3.05, 3.63) is 24.3 Å². The summed E-state index contributed by atoms with van der Waals surface area (Å²) in [4.78, 5) is 12.6. The van der Waals surface area contributed by atoms with E-state index in [1.165, 1.54) is 302 Å². The Balaban J connectivity index is 3.46. The third kappa shape index (κ3) is 56.6. The topological polar surface area (TPSA) is 89.8 Å². The lowest BCUT2D eigenvalue weighted by Gasteiger charge is -2.26. The van der Waals surface area contributed by atoms with E-state index in [0.29, 0.717) is 12.8 Å². The molecule has 3 unspecified atom stereocenters. The maximum atomic E-state index is 12.6. The molecule has 4 N–H and O–H groups in total. The van der Waals surface area contributed by atoms with Gasteiger partial charge in [0, 0.05) is 6.42 Å². The van der Waals surface area contributed by atoms with Gasteiger partial charge in [0.15, 0.2) is 0 Å². The van der Waals surface area contributed by atoms with Gasteiger partial charge in [-0.05, 0) is 51.4 Å². The maximum Gasteiger partial charge on any atom is 0.220 e. The average Bonchev–Trinajstić information content (AvgIpc) is 3.39. The van der Waals surface area contributed by atoms with E-state index in [9.17, 15) is 20.1 Å². The summed E-state index contributed by atoms with van der Waals surface area (Å²) < 4.78 is 0. The summed E-state index contributed by atoms with van der Waals surface area (Å²) >= 11 is 0. The molecule has 0 heterocycles. The number of unbranched alkanes of at least 4 members (excludes halogenated alkanes) is 50. The molecule has 0 aromatic rings. The number of rotatable bonds is 62. The molecule has 0 fully saturated rings. The lowest BCUT2D eigenvalue weighted by atomic mass is 10.0. The van der Waals surface area contributed by atoms with Gasteiger partial charge in [0.05, 0.1) is 18.8 Å². The van der Waals surface area contributed by atoms with Crippen molar-refractivity contribution in [2.45, 2.75) is 392 Å². The molecule has 5 heteroatoms. The molecule has 0 radical (unpaired) electrons. The predicted octanol–water partition coefficient (Wildman–Crippen LogP) is 21.2. The summed E-state index contributed by atoms with van der Waals surface area (Å²) in [5.41, 5.74) is 0. The number of aliphatic hydroxyl groups is 3. The molecule has 0 aromatic heterocycles. The monoisotopic (exact) mass is 1010 g/mol. The van der Waals surface area contributed by atoms with E-state index >= 15 is 0 Å². The first-order chi connectivity index (χ1) is 35.6. The Kier molecular flexibility index (Phi) is 61.4. The largest absolute Gasteiger partial charge is 0.394 e. The predicted molar refractivity (Wildman–Crippen MR) is 319 cm³/mol. The van der Waals surface area contributed by atoms with Gasteiger partial charge in [-0.1, -0.05) is 340 Å². The Hall–Kier alpha value is -1.17. The number of aliphatic hydroxyl groups excluding tert-OH is 3. The van der Waals surface area contributed by atoms with Crippen LogP contribution in [0.3, 0.4) is 0 Å². The molecule has 0 aliphatic carbocycles. The van der Waals surface area contributed by atoms with Crippen molar-refractivity contribution in [2.75, 3.05) is 6.61 Å². The Labute approximate surface area is 452 Å². The van der Waals surface area contributed by atoms with E-state index in [1.54, 1.807) is 0 Å². The highest BCUT2D eigenvalue weighted by molar-refractivity contribution is 5.76. The molecule has 428 valence electrons. The normalized spacial score (nSPS) is 13.2. The first-order valence-electron chi connectivity index (χ1n) is 33.1. The summed E-state index contributed by atoms with van der Waals surface area (Å²) in [6.45, 7) is 4.21. The van der Waals surface area contributed by atoms with E-state index in [2.05, 4.69) is 43.5 Å². The fraction of sp³-hybridized carbons (Fsp3) is 0.925. The summed E-state index contributed by atoms with van der Waals surface area (Å²) in [5, 5.41) is 33.8. The Morgan fingerprint density at radius 1 is 0.333 bits per heavy atom. The van der Waals surface area contributed by atoms with E-state index in [1.807, 2.05) is 0 Å². The van der Waals surface area contributed by atoms with Gasteiger partial charge in [-0.2, -0.15) is 0 Å². The van der Waals surface area contributed by atoms with Crippen LogP contribution in [0.1, 0.15) is 373 Å². The van der Waals surface area contributed by atoms with Gasteiger partial charge < -0.3 is 20.6 Å². The zero-order valence-electron chi connectivity index (χ0n) is 49.1. The molecule has 0 bridgehead atoms. The van der Waals surface area contributed by atoms with Crippen LogP contribution in [-0.2, 0) is 4.79 Å². The van der Waals surface area contributed by atoms with Crippen LogP contribution in [0.4, 0.5) is 0 Å². The third-order valence-electron chi connectivity index (χ3n) is 15.8. The van der Waals surface area contributed by atoms with Gasteiger partial charge in [-0.3, -0.25) is 4.79 Å². The SMILES string of the molecule is CCCCCCCCCCCCCC/C=C/CC/C=C/CCCC(O)C(O)C(CO)NC(=O)CCCCCCCCCCCCCCCCCCCCCCCCCCCCCCCCCCCCCCC. The van der Waals surface area contributed by atoms with Crippen molar-refractivity contribution in [3.8, 4) is 0 Å². The Morgan fingerprint density at radius 2 is 0.569 bits per heavy atom. The number of carbonyl (C=O) groups is 1. The van der Waals surface area contributed by atoms with Crippen LogP contribution in [0, 0.1) is 0 Å². The molecule has 5 nitrogen and oxygen atoms in total. The van der Waals surface area contributed by atoms with Gasteiger partial charge in [0.25, 0.3) is 0 Å². The van der Waals surface area contributed by atoms with Gasteiger partial charge in [0.2, 0.25) is 5.91 Å². The summed E-state index contributed by atoms with van der Waals surface area (Å²) in [7, 11) is 0. The zero-order valence-corrected chi connectivity index (χ0v) is 49.1. The molecule has 0 aromatic carbocycles. The van der Waals surface area contributed by atoms with Crippen molar-refractivity contribution in [1.82, 2.24) is 5.32 Å². The first-order valence-corrected chi connectivity index (χ1v) is 33.1. The highest BCUT2D eigenvalue weighted by Crippen LogP contribution is 2.19. The standard InChI is InChI=1S/C67H131NO4/c1-3-5-7-9-11-13-15-17-19-21-23-25-26-27-28-29-30-31-32-33-34-35-36-37-38-39-40-42-44-46-48-50-52-54-56-58-60-62-66(71)68-64(63-69)67(72)65(70)61-59-57-55-53-51-49-47-45-43-41-24-22-20-18-16-14-12-10-8-6-4-2/h45,47,53,55,64-65,67,69-70,72H,3-44,46,48-52,54,56-63H2,1-2H3,(H,68,71)/b47-45+,55-53+. The van der Waals surface area contributed by atoms with Crippen LogP contribution in [0.5, 0.6) is 0 Å². The van der Waals surface area contributed by atoms with Gasteiger partial charge in [-0.15, -0.1) is 0 Å². The van der Waals surface area contributed by atoms with Crippen LogP contribution >= 0.6 is 0 Å². The van der Waals surface area contributed by atoms with Crippen molar-refractivity contribution in [1.29, 1.82) is 0 Å². The van der Waals surface area contributed by atoms with E-state index in [4.69, 9.17) is 0 Å². The minimum Gasteiger partial charge on any atom is -0.394 e. The highest BCUT2D eigenvalue weighted by Gasteiger charge is 2.26. The fourth-order valence-corrected chi connectivity index (χ4v) is 10.7. The number of allylic oxidation sites excluding steroid dienone is 4. The van der Waals surface area contributed by atoms with Gasteiger partial charge in [0.1, 0.15) is 6.10 Å². The van der Waals surface area contributed by atoms with E-state index < -0.39 is 18.2 Å². The highest BCUT2D eigenvalue weighted by atomic mass is 16.3. The van der Waals surface area contributed by atoms with Crippen molar-refractivity contribution >= 4 is 5.91 Å². The molecule has 3 atom stereocenters. The quantitative estimate of drug-likeness (QED) is 0.0361. The summed E-state index contributed by atoms with van der Waals surface area (Å²) in [6.07, 6.45) is 81.1. The van der Waals surface area contributed by atoms with Crippen molar-refractivity contribution in [2.24, 2.45) is 0 Å². The minimum atomic E-state index is -1.17. The molecule has 0 aliphatic rings. The second-order valence-corrected chi connectivity index (χ2v) is 23.0. The molecular formula is C67H131NO4. The average molecular weight is 1010 g/mol. The number of amides is 1. The Morgan fingerprint density at radius 3 is 0.847 bits per heavy atom. The second kappa shape index (κ2) is 62.4. The van der Waals surface area contributed by atoms with E-state index in [0.717, 1.165) is 44.9 Å². The van der Waals surface area contributed by atoms with Crippen LogP contribution in [0.15, 0.2) is 24.3 Å². The summed E-state index contributed by atoms with van der Waals surface area (Å²) in [6, 6.07) is -0.831. The smallest absolute Gasteiger partial charge is 0.220 e. The zero-order chi connectivity index (χ0) is 52.2.